The van der Waals surface area contributed by atoms with Crippen LogP contribution in [0.25, 0.3) is 0 Å². The highest BCUT2D eigenvalue weighted by Gasteiger charge is 2.61. The molecule has 5 heteroatoms. The van der Waals surface area contributed by atoms with E-state index >= 15 is 0 Å². The lowest BCUT2D eigenvalue weighted by Gasteiger charge is -2.20. The van der Waals surface area contributed by atoms with Crippen LogP contribution in [0.1, 0.15) is 29.6 Å². The average molecular weight is 361 g/mol. The number of anilines is 1. The van der Waals surface area contributed by atoms with Crippen molar-refractivity contribution in [3.63, 3.8) is 0 Å². The number of hydrogen-bond donors (Lipinski definition) is 0. The Morgan fingerprint density at radius 3 is 2.11 bits per heavy atom. The van der Waals surface area contributed by atoms with E-state index in [1.54, 1.807) is 48.5 Å². The van der Waals surface area contributed by atoms with E-state index in [1.165, 1.54) is 4.90 Å². The summed E-state index contributed by atoms with van der Waals surface area (Å²) in [4.78, 5) is 39.8. The van der Waals surface area contributed by atoms with Gasteiger partial charge in [-0.15, -0.1) is 0 Å². The molecule has 0 N–H and O–H groups in total. The van der Waals surface area contributed by atoms with E-state index in [9.17, 15) is 14.4 Å². The van der Waals surface area contributed by atoms with Crippen molar-refractivity contribution in [3.8, 4) is 5.75 Å². The number of amides is 2. The Kier molecular flexibility index (Phi) is 3.64. The normalized spacial score (nSPS) is 28.5. The summed E-state index contributed by atoms with van der Waals surface area (Å²) in [5.41, 5.74) is 0.784. The first-order valence-electron chi connectivity index (χ1n) is 9.39. The second-order valence-electron chi connectivity index (χ2n) is 7.62. The Bertz CT molecular complexity index is 910. The van der Waals surface area contributed by atoms with Crippen molar-refractivity contribution in [2.24, 2.45) is 23.7 Å². The van der Waals surface area contributed by atoms with E-state index in [1.807, 2.05) is 6.07 Å². The van der Waals surface area contributed by atoms with Crippen LogP contribution in [-0.4, -0.2) is 17.8 Å². The van der Waals surface area contributed by atoms with Crippen molar-refractivity contribution in [1.82, 2.24) is 0 Å². The summed E-state index contributed by atoms with van der Waals surface area (Å²) in [6.07, 6.45) is 3.05. The lowest BCUT2D eigenvalue weighted by Crippen LogP contribution is -2.33. The smallest absolute Gasteiger partial charge is 0.343 e. The fourth-order valence-electron chi connectivity index (χ4n) is 5.11. The quantitative estimate of drug-likeness (QED) is 0.477. The molecule has 3 aliphatic rings. The number of esters is 1. The molecule has 1 aliphatic heterocycles. The van der Waals surface area contributed by atoms with Crippen LogP contribution in [0.5, 0.6) is 5.75 Å². The molecule has 2 aromatic carbocycles. The summed E-state index contributed by atoms with van der Waals surface area (Å²) in [6.45, 7) is 0. The van der Waals surface area contributed by atoms with Gasteiger partial charge >= 0.3 is 5.97 Å². The Labute approximate surface area is 156 Å². The molecule has 136 valence electrons. The zero-order valence-electron chi connectivity index (χ0n) is 14.7. The molecule has 2 aromatic rings. The van der Waals surface area contributed by atoms with E-state index in [0.717, 1.165) is 19.3 Å². The van der Waals surface area contributed by atoms with Crippen LogP contribution in [0.4, 0.5) is 5.69 Å². The number of ether oxygens (including phenoxy) is 1. The Hall–Kier alpha value is -2.95. The van der Waals surface area contributed by atoms with E-state index in [0.29, 0.717) is 23.1 Å². The Morgan fingerprint density at radius 1 is 0.852 bits per heavy atom. The molecule has 1 heterocycles. The van der Waals surface area contributed by atoms with Crippen LogP contribution < -0.4 is 9.64 Å². The third kappa shape index (κ3) is 2.41. The van der Waals surface area contributed by atoms with Crippen LogP contribution in [0.3, 0.4) is 0 Å². The van der Waals surface area contributed by atoms with E-state index in [4.69, 9.17) is 4.74 Å². The predicted octanol–water partition coefficient (Wildman–Crippen LogP) is 3.44. The molecule has 1 saturated heterocycles. The molecule has 3 fully saturated rings. The van der Waals surface area contributed by atoms with Crippen LogP contribution in [0.15, 0.2) is 54.6 Å². The van der Waals surface area contributed by atoms with E-state index < -0.39 is 5.97 Å². The average Bonchev–Trinajstić information content (AvgIpc) is 3.37. The third-order valence-corrected chi connectivity index (χ3v) is 6.25. The molecule has 0 aromatic heterocycles. The third-order valence-electron chi connectivity index (χ3n) is 6.25. The van der Waals surface area contributed by atoms with Crippen LogP contribution in [0, 0.1) is 23.7 Å². The molecular formula is C22H19NO4. The summed E-state index contributed by atoms with van der Waals surface area (Å²) in [6, 6.07) is 15.4. The molecule has 4 atom stereocenters. The first kappa shape index (κ1) is 16.2. The van der Waals surface area contributed by atoms with Gasteiger partial charge in [0.25, 0.3) is 0 Å². The minimum atomic E-state index is -0.512. The van der Waals surface area contributed by atoms with Gasteiger partial charge in [-0.1, -0.05) is 30.3 Å². The number of carbonyl (C=O) groups is 3. The maximum atomic E-state index is 13.1. The lowest BCUT2D eigenvalue weighted by atomic mass is 9.81. The summed E-state index contributed by atoms with van der Waals surface area (Å²) in [5.74, 6) is -0.312. The zero-order chi connectivity index (χ0) is 18.5. The monoisotopic (exact) mass is 361 g/mol. The Balaban J connectivity index is 1.47. The first-order valence-corrected chi connectivity index (χ1v) is 9.39. The second kappa shape index (κ2) is 6.05. The highest BCUT2D eigenvalue weighted by atomic mass is 16.5. The lowest BCUT2D eigenvalue weighted by molar-refractivity contribution is -0.123. The van der Waals surface area contributed by atoms with Gasteiger partial charge in [-0.3, -0.25) is 9.59 Å². The topological polar surface area (TPSA) is 63.7 Å². The number of benzene rings is 2. The van der Waals surface area contributed by atoms with Gasteiger partial charge in [0.2, 0.25) is 11.8 Å². The Morgan fingerprint density at radius 2 is 1.44 bits per heavy atom. The molecule has 0 radical (unpaired) electrons. The van der Waals surface area contributed by atoms with Crippen molar-refractivity contribution >= 4 is 23.5 Å². The molecule has 5 nitrogen and oxygen atoms in total. The number of para-hydroxylation sites is 2. The van der Waals surface area contributed by atoms with Crippen molar-refractivity contribution in [2.45, 2.75) is 19.3 Å². The fraction of sp³-hybridized carbons (Fsp3) is 0.318. The minimum absolute atomic E-state index is 0.139. The molecule has 2 saturated carbocycles. The van der Waals surface area contributed by atoms with Gasteiger partial charge < -0.3 is 4.74 Å². The van der Waals surface area contributed by atoms with Crippen molar-refractivity contribution in [1.29, 1.82) is 0 Å². The summed E-state index contributed by atoms with van der Waals surface area (Å²) < 4.78 is 5.55. The summed E-state index contributed by atoms with van der Waals surface area (Å²) in [7, 11) is 0. The zero-order valence-corrected chi connectivity index (χ0v) is 14.7. The van der Waals surface area contributed by atoms with Gasteiger partial charge in [-0.05, 0) is 55.4 Å². The molecule has 2 amide bonds. The number of carbonyl (C=O) groups excluding carboxylic acids is 3. The molecular weight excluding hydrogens is 342 g/mol. The number of rotatable bonds is 3. The number of imide groups is 1. The van der Waals surface area contributed by atoms with Gasteiger partial charge in [0.15, 0.2) is 5.75 Å². The van der Waals surface area contributed by atoms with Crippen LogP contribution >= 0.6 is 0 Å². The maximum absolute atomic E-state index is 13.1. The minimum Gasteiger partial charge on any atom is -0.421 e. The molecule has 5 rings (SSSR count). The largest absolute Gasteiger partial charge is 0.421 e. The molecule has 2 aliphatic carbocycles. The van der Waals surface area contributed by atoms with E-state index in [-0.39, 0.29) is 29.4 Å². The molecule has 2 bridgehead atoms. The van der Waals surface area contributed by atoms with Crippen LogP contribution in [0.2, 0.25) is 0 Å². The van der Waals surface area contributed by atoms with Crippen molar-refractivity contribution in [3.05, 3.63) is 60.2 Å². The SMILES string of the molecule is O=C(Oc1ccccc1N1C(=O)[C@@H]2[C@H]3CC[C@@H](C3)[C@H]2C1=O)c1ccccc1. The van der Waals surface area contributed by atoms with Crippen molar-refractivity contribution in [2.75, 3.05) is 4.90 Å². The summed E-state index contributed by atoms with van der Waals surface area (Å²) >= 11 is 0. The van der Waals surface area contributed by atoms with Crippen LogP contribution in [-0.2, 0) is 9.59 Å². The highest BCUT2D eigenvalue weighted by molar-refractivity contribution is 6.23. The molecule has 0 spiro atoms. The second-order valence-corrected chi connectivity index (χ2v) is 7.62. The van der Waals surface area contributed by atoms with Gasteiger partial charge in [0.05, 0.1) is 23.1 Å². The van der Waals surface area contributed by atoms with Crippen molar-refractivity contribution < 1.29 is 19.1 Å². The van der Waals surface area contributed by atoms with E-state index in [2.05, 4.69) is 0 Å². The number of hydrogen-bond acceptors (Lipinski definition) is 4. The van der Waals surface area contributed by atoms with Gasteiger partial charge in [0.1, 0.15) is 0 Å². The van der Waals surface area contributed by atoms with Gasteiger partial charge in [-0.2, -0.15) is 0 Å². The standard InChI is InChI=1S/C22H19NO4/c24-20-18-14-10-11-15(12-14)19(18)21(25)23(20)16-8-4-5-9-17(16)27-22(26)13-6-2-1-3-7-13/h1-9,14-15,18-19H,10-12H2/t14-,15-,18+,19+/m0/s1. The molecule has 27 heavy (non-hydrogen) atoms. The number of fused-ring (bicyclic) bond motifs is 5. The van der Waals surface area contributed by atoms with Gasteiger partial charge in [0, 0.05) is 0 Å². The van der Waals surface area contributed by atoms with Gasteiger partial charge in [-0.25, -0.2) is 9.69 Å². The molecule has 0 unspecified atom stereocenters. The summed E-state index contributed by atoms with van der Waals surface area (Å²) in [5, 5.41) is 0. The predicted molar refractivity (Wildman–Crippen MR) is 98.1 cm³/mol. The maximum Gasteiger partial charge on any atom is 0.343 e. The fourth-order valence-corrected chi connectivity index (χ4v) is 5.11. The number of nitrogens with zero attached hydrogens (tertiary/aromatic N) is 1. The highest BCUT2D eigenvalue weighted by Crippen LogP contribution is 2.57. The first-order chi connectivity index (χ1) is 13.1.